The molecule has 1 unspecified atom stereocenters. The molecule has 2 rings (SSSR count). The van der Waals surface area contributed by atoms with Crippen LogP contribution in [0.2, 0.25) is 0 Å². The molecule has 1 aromatic rings. The zero-order valence-electron chi connectivity index (χ0n) is 11.4. The van der Waals surface area contributed by atoms with Crippen LogP contribution in [0.5, 0.6) is 0 Å². The lowest BCUT2D eigenvalue weighted by Gasteiger charge is -2.35. The first-order valence-corrected chi connectivity index (χ1v) is 6.56. The molecule has 18 heavy (non-hydrogen) atoms. The summed E-state index contributed by atoms with van der Waals surface area (Å²) in [6.07, 6.45) is 2.71. The van der Waals surface area contributed by atoms with Crippen LogP contribution in [0, 0.1) is 5.92 Å². The number of nitrogens with one attached hydrogen (secondary N) is 1. The average molecular weight is 250 g/mol. The van der Waals surface area contributed by atoms with Gasteiger partial charge < -0.3 is 5.32 Å². The van der Waals surface area contributed by atoms with Crippen LogP contribution in [0.15, 0.2) is 12.3 Å². The van der Waals surface area contributed by atoms with Crippen molar-refractivity contribution in [1.82, 2.24) is 20.0 Å². The predicted molar refractivity (Wildman–Crippen MR) is 69.9 cm³/mol. The normalized spacial score (nSPS) is 21.3. The van der Waals surface area contributed by atoms with E-state index >= 15 is 0 Å². The van der Waals surface area contributed by atoms with E-state index in [1.54, 1.807) is 6.20 Å². The molecule has 1 fully saturated rings. The van der Waals surface area contributed by atoms with Gasteiger partial charge in [-0.3, -0.25) is 14.4 Å². The molecular weight excluding hydrogens is 228 g/mol. The van der Waals surface area contributed by atoms with Crippen LogP contribution in [0.4, 0.5) is 0 Å². The maximum atomic E-state index is 12.0. The van der Waals surface area contributed by atoms with E-state index in [2.05, 4.69) is 29.2 Å². The van der Waals surface area contributed by atoms with E-state index in [9.17, 15) is 4.79 Å². The van der Waals surface area contributed by atoms with Gasteiger partial charge in [-0.2, -0.15) is 5.10 Å². The second kappa shape index (κ2) is 5.52. The second-order valence-electron chi connectivity index (χ2n) is 5.35. The lowest BCUT2D eigenvalue weighted by molar-refractivity contribution is -0.130. The first kappa shape index (κ1) is 13.1. The summed E-state index contributed by atoms with van der Waals surface area (Å²) >= 11 is 0. The number of piperazine rings is 1. The van der Waals surface area contributed by atoms with Crippen molar-refractivity contribution in [2.75, 3.05) is 13.1 Å². The summed E-state index contributed by atoms with van der Waals surface area (Å²) < 4.78 is 1.87. The van der Waals surface area contributed by atoms with Gasteiger partial charge >= 0.3 is 0 Å². The van der Waals surface area contributed by atoms with E-state index in [0.717, 1.165) is 31.7 Å². The maximum absolute atomic E-state index is 12.0. The van der Waals surface area contributed by atoms with Crippen molar-refractivity contribution >= 4 is 5.91 Å². The zero-order valence-corrected chi connectivity index (χ0v) is 11.4. The Labute approximate surface area is 108 Å². The molecule has 2 heterocycles. The third-order valence-electron chi connectivity index (χ3n) is 3.42. The van der Waals surface area contributed by atoms with Crippen molar-refractivity contribution in [3.8, 4) is 0 Å². The summed E-state index contributed by atoms with van der Waals surface area (Å²) in [6.45, 7) is 6.76. The van der Waals surface area contributed by atoms with Gasteiger partial charge in [-0.25, -0.2) is 0 Å². The highest BCUT2D eigenvalue weighted by Crippen LogP contribution is 2.17. The smallest absolute Gasteiger partial charge is 0.237 e. The van der Waals surface area contributed by atoms with E-state index in [-0.39, 0.29) is 11.9 Å². The number of amides is 1. The summed E-state index contributed by atoms with van der Waals surface area (Å²) in [4.78, 5) is 14.2. The van der Waals surface area contributed by atoms with Gasteiger partial charge in [-0.15, -0.1) is 0 Å². The molecule has 1 atom stereocenters. The number of nitrogens with zero attached hydrogens (tertiary/aromatic N) is 3. The van der Waals surface area contributed by atoms with Gasteiger partial charge in [0.05, 0.1) is 11.7 Å². The molecule has 0 bridgehead atoms. The van der Waals surface area contributed by atoms with Gasteiger partial charge in [-0.05, 0) is 18.4 Å². The number of hydrogen-bond acceptors (Lipinski definition) is 3. The van der Waals surface area contributed by atoms with E-state index in [4.69, 9.17) is 0 Å². The lowest BCUT2D eigenvalue weighted by atomic mass is 10.00. The molecule has 100 valence electrons. The summed E-state index contributed by atoms with van der Waals surface area (Å²) in [7, 11) is 1.94. The average Bonchev–Trinajstić information content (AvgIpc) is 2.69. The molecule has 1 saturated heterocycles. The molecular formula is C13H22N4O. The Hall–Kier alpha value is -1.36. The van der Waals surface area contributed by atoms with Crippen LogP contribution in [0.3, 0.4) is 0 Å². The molecule has 1 N–H and O–H groups in total. The molecule has 0 radical (unpaired) electrons. The van der Waals surface area contributed by atoms with Crippen molar-refractivity contribution in [3.63, 3.8) is 0 Å². The van der Waals surface area contributed by atoms with Gasteiger partial charge in [0.25, 0.3) is 0 Å². The van der Waals surface area contributed by atoms with Crippen LogP contribution < -0.4 is 5.32 Å². The largest absolute Gasteiger partial charge is 0.353 e. The minimum absolute atomic E-state index is 0.00588. The van der Waals surface area contributed by atoms with Gasteiger partial charge in [0.2, 0.25) is 5.91 Å². The number of aryl methyl sites for hydroxylation is 1. The quantitative estimate of drug-likeness (QED) is 0.858. The Bertz CT molecular complexity index is 413. The second-order valence-corrected chi connectivity index (χ2v) is 5.35. The van der Waals surface area contributed by atoms with Crippen molar-refractivity contribution < 1.29 is 4.79 Å². The molecule has 0 spiro atoms. The van der Waals surface area contributed by atoms with Crippen LogP contribution in [0.25, 0.3) is 0 Å². The van der Waals surface area contributed by atoms with E-state index in [0.29, 0.717) is 5.92 Å². The van der Waals surface area contributed by atoms with Gasteiger partial charge in [0.15, 0.2) is 0 Å². The van der Waals surface area contributed by atoms with E-state index < -0.39 is 0 Å². The van der Waals surface area contributed by atoms with Crippen molar-refractivity contribution in [2.24, 2.45) is 13.0 Å². The highest BCUT2D eigenvalue weighted by atomic mass is 16.2. The SMILES string of the molecule is CC(C)CC1C(=O)NCCN1Cc1ccnn1C. The summed E-state index contributed by atoms with van der Waals surface area (Å²) in [5.41, 5.74) is 1.15. The maximum Gasteiger partial charge on any atom is 0.237 e. The third-order valence-corrected chi connectivity index (χ3v) is 3.42. The first-order chi connectivity index (χ1) is 8.58. The summed E-state index contributed by atoms with van der Waals surface area (Å²) in [5.74, 6) is 0.685. The van der Waals surface area contributed by atoms with Crippen molar-refractivity contribution in [2.45, 2.75) is 32.9 Å². The summed E-state index contributed by atoms with van der Waals surface area (Å²) in [6, 6.07) is 2.01. The highest BCUT2D eigenvalue weighted by molar-refractivity contribution is 5.82. The van der Waals surface area contributed by atoms with Gasteiger partial charge in [0, 0.05) is 32.9 Å². The molecule has 1 aliphatic heterocycles. The Morgan fingerprint density at radius 1 is 1.56 bits per heavy atom. The zero-order chi connectivity index (χ0) is 13.1. The number of hydrogen-bond donors (Lipinski definition) is 1. The topological polar surface area (TPSA) is 50.2 Å². The molecule has 0 aromatic carbocycles. The standard InChI is InChI=1S/C13H22N4O/c1-10(2)8-12-13(18)14-6-7-17(12)9-11-4-5-15-16(11)3/h4-5,10,12H,6-9H2,1-3H3,(H,14,18). The third kappa shape index (κ3) is 2.90. The minimum atomic E-state index is -0.00588. The van der Waals surface area contributed by atoms with Crippen molar-refractivity contribution in [1.29, 1.82) is 0 Å². The van der Waals surface area contributed by atoms with Crippen LogP contribution in [0.1, 0.15) is 26.0 Å². The van der Waals surface area contributed by atoms with Crippen LogP contribution in [-0.2, 0) is 18.4 Å². The molecule has 0 saturated carbocycles. The molecule has 1 aliphatic rings. The highest BCUT2D eigenvalue weighted by Gasteiger charge is 2.30. The van der Waals surface area contributed by atoms with E-state index in [1.165, 1.54) is 0 Å². The monoisotopic (exact) mass is 250 g/mol. The lowest BCUT2D eigenvalue weighted by Crippen LogP contribution is -2.55. The summed E-state index contributed by atoms with van der Waals surface area (Å²) in [5, 5.41) is 7.14. The predicted octanol–water partition coefficient (Wildman–Crippen LogP) is 0.767. The Balaban J connectivity index is 2.08. The molecule has 1 aromatic heterocycles. The molecule has 0 aliphatic carbocycles. The molecule has 1 amide bonds. The van der Waals surface area contributed by atoms with Gasteiger partial charge in [0.1, 0.15) is 0 Å². The van der Waals surface area contributed by atoms with Crippen molar-refractivity contribution in [3.05, 3.63) is 18.0 Å². The fourth-order valence-electron chi connectivity index (χ4n) is 2.42. The Morgan fingerprint density at radius 3 is 2.94 bits per heavy atom. The Kier molecular flexibility index (Phi) is 4.01. The fourth-order valence-corrected chi connectivity index (χ4v) is 2.42. The Morgan fingerprint density at radius 2 is 2.33 bits per heavy atom. The number of carbonyl (C=O) groups excluding carboxylic acids is 1. The number of rotatable bonds is 4. The van der Waals surface area contributed by atoms with Crippen LogP contribution >= 0.6 is 0 Å². The number of aromatic nitrogens is 2. The molecule has 5 nitrogen and oxygen atoms in total. The van der Waals surface area contributed by atoms with Crippen LogP contribution in [-0.4, -0.2) is 39.7 Å². The molecule has 5 heteroatoms. The first-order valence-electron chi connectivity index (χ1n) is 6.56. The fraction of sp³-hybridized carbons (Fsp3) is 0.692. The van der Waals surface area contributed by atoms with Gasteiger partial charge in [-0.1, -0.05) is 13.8 Å². The minimum Gasteiger partial charge on any atom is -0.353 e. The van der Waals surface area contributed by atoms with E-state index in [1.807, 2.05) is 17.8 Å². The number of carbonyl (C=O) groups is 1.